The van der Waals surface area contributed by atoms with Crippen molar-refractivity contribution >= 4 is 0 Å². The van der Waals surface area contributed by atoms with Crippen LogP contribution in [-0.4, -0.2) is 12.8 Å². The van der Waals surface area contributed by atoms with E-state index in [2.05, 4.69) is 0 Å². The first-order chi connectivity index (χ1) is 7.45. The monoisotopic (exact) mass is 229 g/mol. The smallest absolute Gasteiger partial charge is 0.407 e. The fraction of sp³-hybridized carbons (Fsp3) is 0.364. The van der Waals surface area contributed by atoms with Gasteiger partial charge in [-0.3, -0.25) is 0 Å². The SMILES string of the molecule is Cc1ccccc1OCC(C#N)C(F)(F)F. The van der Waals surface area contributed by atoms with E-state index in [0.29, 0.717) is 5.75 Å². The van der Waals surface area contributed by atoms with Gasteiger partial charge in [-0.25, -0.2) is 0 Å². The molecule has 1 aromatic carbocycles. The van der Waals surface area contributed by atoms with Crippen LogP contribution in [0, 0.1) is 24.2 Å². The number of alkyl halides is 3. The summed E-state index contributed by atoms with van der Waals surface area (Å²) < 4.78 is 41.6. The van der Waals surface area contributed by atoms with Gasteiger partial charge < -0.3 is 4.74 Å². The van der Waals surface area contributed by atoms with Crippen LogP contribution in [0.1, 0.15) is 5.56 Å². The molecule has 16 heavy (non-hydrogen) atoms. The van der Waals surface area contributed by atoms with Crippen LogP contribution >= 0.6 is 0 Å². The van der Waals surface area contributed by atoms with Crippen LogP contribution in [0.15, 0.2) is 24.3 Å². The quantitative estimate of drug-likeness (QED) is 0.797. The summed E-state index contributed by atoms with van der Waals surface area (Å²) in [6.07, 6.45) is -4.54. The van der Waals surface area contributed by atoms with Crippen molar-refractivity contribution in [3.63, 3.8) is 0 Å². The lowest BCUT2D eigenvalue weighted by atomic mass is 10.2. The molecule has 0 amide bonds. The lowest BCUT2D eigenvalue weighted by Gasteiger charge is -2.15. The highest BCUT2D eigenvalue weighted by molar-refractivity contribution is 5.31. The van der Waals surface area contributed by atoms with Gasteiger partial charge in [0.1, 0.15) is 12.4 Å². The third-order valence-electron chi connectivity index (χ3n) is 2.05. The number of para-hydroxylation sites is 1. The Morgan fingerprint density at radius 1 is 1.38 bits per heavy atom. The minimum absolute atomic E-state index is 0.368. The van der Waals surface area contributed by atoms with Crippen LogP contribution in [0.5, 0.6) is 5.75 Å². The first-order valence-electron chi connectivity index (χ1n) is 4.60. The summed E-state index contributed by atoms with van der Waals surface area (Å²) in [6.45, 7) is 1.05. The maximum atomic E-state index is 12.2. The molecular formula is C11H10F3NO. The van der Waals surface area contributed by atoms with E-state index in [4.69, 9.17) is 10.00 Å². The van der Waals surface area contributed by atoms with Crippen molar-refractivity contribution < 1.29 is 17.9 Å². The van der Waals surface area contributed by atoms with Crippen molar-refractivity contribution in [1.82, 2.24) is 0 Å². The number of ether oxygens (including phenoxy) is 1. The number of hydrogen-bond donors (Lipinski definition) is 0. The summed E-state index contributed by atoms with van der Waals surface area (Å²) in [5.41, 5.74) is 0.737. The third-order valence-corrected chi connectivity index (χ3v) is 2.05. The number of rotatable bonds is 3. The predicted octanol–water partition coefficient (Wildman–Crippen LogP) is 3.08. The molecule has 0 aliphatic rings. The van der Waals surface area contributed by atoms with Crippen LogP contribution in [-0.2, 0) is 0 Å². The summed E-state index contributed by atoms with van der Waals surface area (Å²) in [4.78, 5) is 0. The molecule has 1 aromatic rings. The van der Waals surface area contributed by atoms with E-state index in [1.165, 1.54) is 6.07 Å². The van der Waals surface area contributed by atoms with Crippen molar-refractivity contribution in [2.45, 2.75) is 13.1 Å². The summed E-state index contributed by atoms with van der Waals surface area (Å²) in [7, 11) is 0. The van der Waals surface area contributed by atoms with Gasteiger partial charge in [-0.1, -0.05) is 18.2 Å². The van der Waals surface area contributed by atoms with E-state index >= 15 is 0 Å². The molecule has 1 atom stereocenters. The van der Waals surface area contributed by atoms with E-state index in [1.807, 2.05) is 0 Å². The molecule has 0 spiro atoms. The number of halogens is 3. The second kappa shape index (κ2) is 4.88. The number of aryl methyl sites for hydroxylation is 1. The second-order valence-corrected chi connectivity index (χ2v) is 3.30. The van der Waals surface area contributed by atoms with Crippen molar-refractivity contribution in [3.05, 3.63) is 29.8 Å². The molecule has 0 radical (unpaired) electrons. The second-order valence-electron chi connectivity index (χ2n) is 3.30. The molecule has 2 nitrogen and oxygen atoms in total. The van der Waals surface area contributed by atoms with Gasteiger partial charge in [0.05, 0.1) is 6.07 Å². The number of benzene rings is 1. The largest absolute Gasteiger partial charge is 0.492 e. The van der Waals surface area contributed by atoms with Crippen molar-refractivity contribution in [1.29, 1.82) is 5.26 Å². The molecule has 0 aromatic heterocycles. The Balaban J connectivity index is 2.65. The van der Waals surface area contributed by atoms with Gasteiger partial charge in [0, 0.05) is 0 Å². The predicted molar refractivity (Wildman–Crippen MR) is 51.8 cm³/mol. The zero-order chi connectivity index (χ0) is 12.2. The highest BCUT2D eigenvalue weighted by Gasteiger charge is 2.40. The van der Waals surface area contributed by atoms with Gasteiger partial charge in [0.25, 0.3) is 0 Å². The Bertz CT molecular complexity index is 395. The molecule has 0 aliphatic carbocycles. The number of nitrogens with zero attached hydrogens (tertiary/aromatic N) is 1. The van der Waals surface area contributed by atoms with Gasteiger partial charge >= 0.3 is 6.18 Å². The molecular weight excluding hydrogens is 219 g/mol. The van der Waals surface area contributed by atoms with Gasteiger partial charge in [-0.15, -0.1) is 0 Å². The maximum Gasteiger partial charge on any atom is 0.407 e. The van der Waals surface area contributed by atoms with E-state index in [1.54, 1.807) is 31.2 Å². The molecule has 0 N–H and O–H groups in total. The molecule has 0 saturated heterocycles. The Labute approximate surface area is 91.3 Å². The summed E-state index contributed by atoms with van der Waals surface area (Å²) in [6, 6.07) is 7.90. The maximum absolute atomic E-state index is 12.2. The molecule has 0 fully saturated rings. The lowest BCUT2D eigenvalue weighted by Crippen LogP contribution is -2.27. The number of nitriles is 1. The standard InChI is InChI=1S/C11H10F3NO/c1-8-4-2-3-5-10(8)16-7-9(6-15)11(12,13)14/h2-5,9H,7H2,1H3. The zero-order valence-electron chi connectivity index (χ0n) is 8.58. The lowest BCUT2D eigenvalue weighted by molar-refractivity contribution is -0.165. The Morgan fingerprint density at radius 2 is 2.00 bits per heavy atom. The fourth-order valence-corrected chi connectivity index (χ4v) is 1.10. The van der Waals surface area contributed by atoms with Crippen LogP contribution in [0.2, 0.25) is 0 Å². The van der Waals surface area contributed by atoms with E-state index < -0.39 is 18.7 Å². The van der Waals surface area contributed by atoms with Gasteiger partial charge in [-0.2, -0.15) is 18.4 Å². The van der Waals surface area contributed by atoms with Gasteiger partial charge in [0.15, 0.2) is 5.92 Å². The van der Waals surface area contributed by atoms with Crippen molar-refractivity contribution in [2.75, 3.05) is 6.61 Å². The van der Waals surface area contributed by atoms with E-state index in [0.717, 1.165) is 5.56 Å². The average Bonchev–Trinajstić information content (AvgIpc) is 2.19. The summed E-state index contributed by atoms with van der Waals surface area (Å²) in [5, 5.41) is 8.36. The molecule has 0 saturated carbocycles. The highest BCUT2D eigenvalue weighted by Crippen LogP contribution is 2.27. The Kier molecular flexibility index (Phi) is 3.78. The zero-order valence-corrected chi connectivity index (χ0v) is 8.58. The number of hydrogen-bond acceptors (Lipinski definition) is 2. The first-order valence-corrected chi connectivity index (χ1v) is 4.60. The molecule has 0 aliphatic heterocycles. The van der Waals surface area contributed by atoms with Gasteiger partial charge in [0.2, 0.25) is 0 Å². The molecule has 1 unspecified atom stereocenters. The molecule has 86 valence electrons. The third kappa shape index (κ3) is 3.16. The van der Waals surface area contributed by atoms with Crippen LogP contribution in [0.25, 0.3) is 0 Å². The average molecular weight is 229 g/mol. The van der Waals surface area contributed by atoms with Gasteiger partial charge in [-0.05, 0) is 18.6 Å². The molecule has 1 rings (SSSR count). The normalized spacial score (nSPS) is 12.9. The minimum atomic E-state index is -4.54. The van der Waals surface area contributed by atoms with Crippen molar-refractivity contribution in [2.24, 2.45) is 5.92 Å². The Morgan fingerprint density at radius 3 is 2.50 bits per heavy atom. The first kappa shape index (κ1) is 12.4. The Hall–Kier alpha value is -1.70. The summed E-state index contributed by atoms with van der Waals surface area (Å²) >= 11 is 0. The van der Waals surface area contributed by atoms with Crippen LogP contribution in [0.3, 0.4) is 0 Å². The minimum Gasteiger partial charge on any atom is -0.492 e. The molecule has 0 bridgehead atoms. The van der Waals surface area contributed by atoms with Crippen LogP contribution in [0.4, 0.5) is 13.2 Å². The topological polar surface area (TPSA) is 33.0 Å². The van der Waals surface area contributed by atoms with E-state index in [9.17, 15) is 13.2 Å². The van der Waals surface area contributed by atoms with Crippen molar-refractivity contribution in [3.8, 4) is 11.8 Å². The summed E-state index contributed by atoms with van der Waals surface area (Å²) in [5.74, 6) is -1.72. The fourth-order valence-electron chi connectivity index (χ4n) is 1.10. The highest BCUT2D eigenvalue weighted by atomic mass is 19.4. The van der Waals surface area contributed by atoms with Crippen LogP contribution < -0.4 is 4.74 Å². The molecule has 5 heteroatoms. The molecule has 0 heterocycles. The van der Waals surface area contributed by atoms with E-state index in [-0.39, 0.29) is 0 Å².